The molecule has 1 aromatic heterocycles. The molecular weight excluding hydrogens is 346 g/mol. The molecule has 1 saturated heterocycles. The second-order valence-corrected chi connectivity index (χ2v) is 6.49. The normalized spacial score (nSPS) is 18.3. The number of nitro groups is 1. The summed E-state index contributed by atoms with van der Waals surface area (Å²) in [7, 11) is 3.47. The van der Waals surface area contributed by atoms with Gasteiger partial charge in [0, 0.05) is 19.6 Å². The van der Waals surface area contributed by atoms with Gasteiger partial charge in [-0.3, -0.25) is 15.0 Å². The summed E-state index contributed by atoms with van der Waals surface area (Å²) in [6, 6.07) is 3.02. The Hall–Kier alpha value is -2.17. The number of benzene rings is 1. The number of methoxy groups -OCH3 is 1. The van der Waals surface area contributed by atoms with E-state index in [-0.39, 0.29) is 17.6 Å². The van der Waals surface area contributed by atoms with Crippen molar-refractivity contribution in [1.29, 1.82) is 0 Å². The zero-order valence-corrected chi connectivity index (χ0v) is 15.0. The van der Waals surface area contributed by atoms with Crippen LogP contribution in [0.4, 0.5) is 5.69 Å². The molecule has 25 heavy (non-hydrogen) atoms. The van der Waals surface area contributed by atoms with Gasteiger partial charge in [0.1, 0.15) is 11.3 Å². The third kappa shape index (κ3) is 3.46. The average Bonchev–Trinajstić information content (AvgIpc) is 3.10. The lowest BCUT2D eigenvalue weighted by Gasteiger charge is -2.30. The first kappa shape index (κ1) is 17.6. The van der Waals surface area contributed by atoms with Gasteiger partial charge in [-0.2, -0.15) is 4.98 Å². The number of aromatic nitrogens is 2. The van der Waals surface area contributed by atoms with Crippen LogP contribution < -0.4 is 10.1 Å². The SMILES string of the molecule is COc1cc([N+](=O)[O-])c(-c2nc(C3CNCCN3C)no2)cc1SC. The lowest BCUT2D eigenvalue weighted by molar-refractivity contribution is -0.384. The van der Waals surface area contributed by atoms with Crippen molar-refractivity contribution in [2.45, 2.75) is 10.9 Å². The van der Waals surface area contributed by atoms with Crippen LogP contribution in [0.25, 0.3) is 11.5 Å². The number of nitro benzene ring substituents is 1. The Balaban J connectivity index is 2.02. The Bertz CT molecular complexity index is 781. The number of nitrogens with one attached hydrogen (secondary N) is 1. The van der Waals surface area contributed by atoms with Crippen molar-refractivity contribution in [3.63, 3.8) is 0 Å². The van der Waals surface area contributed by atoms with Gasteiger partial charge in [-0.05, 0) is 19.4 Å². The average molecular weight is 365 g/mol. The van der Waals surface area contributed by atoms with Gasteiger partial charge in [0.05, 0.1) is 29.0 Å². The highest BCUT2D eigenvalue weighted by atomic mass is 32.2. The Morgan fingerprint density at radius 1 is 1.52 bits per heavy atom. The molecule has 1 atom stereocenters. The molecule has 0 amide bonds. The third-order valence-corrected chi connectivity index (χ3v) is 4.94. The van der Waals surface area contributed by atoms with Crippen LogP contribution in [0.5, 0.6) is 5.75 Å². The lowest BCUT2D eigenvalue weighted by atomic mass is 10.1. The summed E-state index contributed by atoms with van der Waals surface area (Å²) in [6.07, 6.45) is 1.87. The molecule has 0 bridgehead atoms. The van der Waals surface area contributed by atoms with E-state index in [1.54, 1.807) is 6.07 Å². The molecule has 9 nitrogen and oxygen atoms in total. The van der Waals surface area contributed by atoms with E-state index in [0.29, 0.717) is 23.7 Å². The molecule has 1 fully saturated rings. The minimum Gasteiger partial charge on any atom is -0.495 e. The Labute approximate surface area is 148 Å². The summed E-state index contributed by atoms with van der Waals surface area (Å²) in [5.41, 5.74) is 0.167. The van der Waals surface area contributed by atoms with Gasteiger partial charge in [0.15, 0.2) is 5.82 Å². The first-order valence-electron chi connectivity index (χ1n) is 7.70. The Morgan fingerprint density at radius 2 is 2.32 bits per heavy atom. The van der Waals surface area contributed by atoms with E-state index < -0.39 is 4.92 Å². The van der Waals surface area contributed by atoms with E-state index in [1.165, 1.54) is 24.9 Å². The lowest BCUT2D eigenvalue weighted by Crippen LogP contribution is -2.44. The molecule has 0 aliphatic carbocycles. The zero-order chi connectivity index (χ0) is 18.0. The van der Waals surface area contributed by atoms with Crippen molar-refractivity contribution in [2.24, 2.45) is 0 Å². The van der Waals surface area contributed by atoms with E-state index in [9.17, 15) is 10.1 Å². The topological polar surface area (TPSA) is 107 Å². The van der Waals surface area contributed by atoms with Crippen LogP contribution in [0.2, 0.25) is 0 Å². The van der Waals surface area contributed by atoms with Gasteiger partial charge in [0.2, 0.25) is 0 Å². The summed E-state index contributed by atoms with van der Waals surface area (Å²) in [5.74, 6) is 1.10. The maximum Gasteiger partial charge on any atom is 0.285 e. The van der Waals surface area contributed by atoms with Gasteiger partial charge in [0.25, 0.3) is 11.6 Å². The summed E-state index contributed by atoms with van der Waals surface area (Å²) >= 11 is 1.43. The second kappa shape index (κ2) is 7.38. The van der Waals surface area contributed by atoms with Crippen LogP contribution >= 0.6 is 11.8 Å². The third-order valence-electron chi connectivity index (χ3n) is 4.18. The van der Waals surface area contributed by atoms with Gasteiger partial charge >= 0.3 is 0 Å². The molecule has 1 unspecified atom stereocenters. The largest absolute Gasteiger partial charge is 0.495 e. The molecule has 3 rings (SSSR count). The van der Waals surface area contributed by atoms with E-state index in [0.717, 1.165) is 18.0 Å². The predicted octanol–water partition coefficient (Wildman–Crippen LogP) is 1.95. The number of ether oxygens (including phenoxy) is 1. The van der Waals surface area contributed by atoms with Crippen LogP contribution in [0.3, 0.4) is 0 Å². The fraction of sp³-hybridized carbons (Fsp3) is 0.467. The van der Waals surface area contributed by atoms with Crippen molar-refractivity contribution >= 4 is 17.4 Å². The maximum atomic E-state index is 11.5. The van der Waals surface area contributed by atoms with Gasteiger partial charge in [-0.25, -0.2) is 0 Å². The highest BCUT2D eigenvalue weighted by molar-refractivity contribution is 7.98. The molecule has 134 valence electrons. The van der Waals surface area contributed by atoms with Gasteiger partial charge in [-0.1, -0.05) is 5.16 Å². The highest BCUT2D eigenvalue weighted by Gasteiger charge is 2.28. The molecule has 1 aliphatic heterocycles. The van der Waals surface area contributed by atoms with E-state index in [4.69, 9.17) is 9.26 Å². The number of piperazine rings is 1. The summed E-state index contributed by atoms with van der Waals surface area (Å²) in [4.78, 5) is 18.3. The molecule has 1 aromatic carbocycles. The fourth-order valence-electron chi connectivity index (χ4n) is 2.76. The summed E-state index contributed by atoms with van der Waals surface area (Å²) in [5, 5.41) is 18.8. The molecular formula is C15H19N5O4S. The molecule has 1 aliphatic rings. The molecule has 2 heterocycles. The molecule has 0 saturated carbocycles. The Morgan fingerprint density at radius 3 is 2.96 bits per heavy atom. The first-order valence-corrected chi connectivity index (χ1v) is 8.93. The van der Waals surface area contributed by atoms with Crippen molar-refractivity contribution < 1.29 is 14.2 Å². The Kier molecular flexibility index (Phi) is 5.21. The quantitative estimate of drug-likeness (QED) is 0.483. The molecule has 1 N–H and O–H groups in total. The number of rotatable bonds is 5. The summed E-state index contributed by atoms with van der Waals surface area (Å²) < 4.78 is 10.6. The molecule has 0 spiro atoms. The maximum absolute atomic E-state index is 11.5. The van der Waals surface area contributed by atoms with Crippen molar-refractivity contribution in [1.82, 2.24) is 20.4 Å². The number of likely N-dealkylation sites (N-methyl/N-ethyl adjacent to an activating group) is 1. The minimum atomic E-state index is -0.472. The molecule has 2 aromatic rings. The smallest absolute Gasteiger partial charge is 0.285 e. The standard InChI is InChI=1S/C15H19N5O4S/c1-19-5-4-16-8-11(19)14-17-15(24-18-14)9-6-13(25-3)12(23-2)7-10(9)20(21)22/h6-7,11,16H,4-5,8H2,1-3H3. The minimum absolute atomic E-state index is 0.0245. The van der Waals surface area contributed by atoms with Crippen molar-refractivity contribution in [3.05, 3.63) is 28.1 Å². The van der Waals surface area contributed by atoms with E-state index in [1.807, 2.05) is 13.3 Å². The summed E-state index contributed by atoms with van der Waals surface area (Å²) in [6.45, 7) is 2.48. The van der Waals surface area contributed by atoms with E-state index >= 15 is 0 Å². The zero-order valence-electron chi connectivity index (χ0n) is 14.2. The van der Waals surface area contributed by atoms with Crippen LogP contribution in [0.15, 0.2) is 21.6 Å². The molecule has 0 radical (unpaired) electrons. The van der Waals surface area contributed by atoms with Crippen LogP contribution in [0, 0.1) is 10.1 Å². The number of hydrogen-bond donors (Lipinski definition) is 1. The fourth-order valence-corrected chi connectivity index (χ4v) is 3.34. The monoisotopic (exact) mass is 365 g/mol. The van der Waals surface area contributed by atoms with Crippen LogP contribution in [-0.4, -0.2) is 60.0 Å². The number of nitrogens with zero attached hydrogens (tertiary/aromatic N) is 4. The molecule has 10 heteroatoms. The predicted molar refractivity (Wildman–Crippen MR) is 93.0 cm³/mol. The first-order chi connectivity index (χ1) is 12.0. The van der Waals surface area contributed by atoms with Gasteiger partial charge < -0.3 is 14.6 Å². The van der Waals surface area contributed by atoms with Crippen LogP contribution in [0.1, 0.15) is 11.9 Å². The van der Waals surface area contributed by atoms with Crippen molar-refractivity contribution in [2.75, 3.05) is 40.0 Å². The highest BCUT2D eigenvalue weighted by Crippen LogP contribution is 2.39. The number of hydrogen-bond acceptors (Lipinski definition) is 9. The van der Waals surface area contributed by atoms with Crippen molar-refractivity contribution in [3.8, 4) is 17.2 Å². The van der Waals surface area contributed by atoms with Gasteiger partial charge in [-0.15, -0.1) is 11.8 Å². The second-order valence-electron chi connectivity index (χ2n) is 5.64. The van der Waals surface area contributed by atoms with Crippen LogP contribution in [-0.2, 0) is 0 Å². The number of thioether (sulfide) groups is 1. The van der Waals surface area contributed by atoms with E-state index in [2.05, 4.69) is 20.4 Å².